The Morgan fingerprint density at radius 2 is 0.630 bits per heavy atom. The molecule has 0 amide bonds. The number of ether oxygens (including phenoxy) is 2. The van der Waals surface area contributed by atoms with Crippen molar-refractivity contribution in [2.75, 3.05) is 13.2 Å². The number of hydrogen-bond donors (Lipinski definition) is 2. The highest BCUT2D eigenvalue weighted by Crippen LogP contribution is 2.35. The van der Waals surface area contributed by atoms with Crippen LogP contribution in [-0.2, 0) is 0 Å². The van der Waals surface area contributed by atoms with E-state index < -0.39 is 0 Å². The lowest BCUT2D eigenvalue weighted by Gasteiger charge is -2.08. The Morgan fingerprint density at radius 3 is 0.902 bits per heavy atom. The third-order valence-electron chi connectivity index (χ3n) is 18.0. The number of rotatable bonds is 44. The molecule has 0 fully saturated rings. The molecule has 4 aromatic heterocycles. The standard InChI is InChI=1S/C78H98Cl4N8O2/c1-3-5-7-9-11-13-15-17-19-21-23-25-27-29-31-33-35-37-47-91-59-43-39-57(40-44-59)75-73-74(78(89-75)62(54-84)72-56-86-68-50-64(80)66(82)52-70(68)88-72)76(90-77(73)61(53-83)71-55-85-67-49-63(79)65(81)51-69(67)87-71)58-41-45-60(46-42-58)92-48-38-36-34-32-30-28-26-24-22-20-18-16-14-12-10-8-6-4-2/h39-46,49-52,55-56,89-90H,3-38,47-48H2,1-2H3/b77-61-,78-62-. The van der Waals surface area contributed by atoms with Crippen molar-refractivity contribution in [3.63, 3.8) is 0 Å². The molecule has 0 atom stereocenters. The van der Waals surface area contributed by atoms with Crippen LogP contribution < -0.4 is 20.2 Å². The monoisotopic (exact) mass is 1320 g/mol. The summed E-state index contributed by atoms with van der Waals surface area (Å²) >= 11 is 25.9. The van der Waals surface area contributed by atoms with Crippen molar-refractivity contribution in [2.45, 2.75) is 245 Å². The van der Waals surface area contributed by atoms with Gasteiger partial charge in [0, 0.05) is 10.8 Å². The van der Waals surface area contributed by atoms with Crippen LogP contribution in [0.1, 0.15) is 256 Å². The van der Waals surface area contributed by atoms with Gasteiger partial charge in [0.1, 0.15) is 46.2 Å². The lowest BCUT2D eigenvalue weighted by molar-refractivity contribution is 0.304. The van der Waals surface area contributed by atoms with Crippen molar-refractivity contribution in [2.24, 2.45) is 0 Å². The SMILES string of the molecule is CCCCCCCCCCCCCCCCCCCCOc1ccc(-c2[nH]/c(=C(/C#N)c3cnc4cc(Cl)c(Cl)cc4n3)c3c(-c4ccc(OCCCCCCCCCCCCCCCCCCCC)cc4)[nH]/c(=C(/C#N)c4cnc5cc(Cl)c(Cl)cc5n4)c23)cc1. The van der Waals surface area contributed by atoms with E-state index in [9.17, 15) is 10.5 Å². The van der Waals surface area contributed by atoms with Gasteiger partial charge in [0.2, 0.25) is 0 Å². The molecular formula is C78H98Cl4N8O2. The van der Waals surface area contributed by atoms with Crippen molar-refractivity contribution < 1.29 is 9.47 Å². The number of fused-ring (bicyclic) bond motifs is 3. The second kappa shape index (κ2) is 40.2. The van der Waals surface area contributed by atoms with Crippen LogP contribution in [0.3, 0.4) is 0 Å². The van der Waals surface area contributed by atoms with E-state index in [1.807, 2.05) is 48.5 Å². The molecule has 0 radical (unpaired) electrons. The summed E-state index contributed by atoms with van der Waals surface area (Å²) in [5, 5.41) is 26.2. The van der Waals surface area contributed by atoms with E-state index in [0.717, 1.165) is 48.3 Å². The maximum Gasteiger partial charge on any atom is 0.119 e. The molecule has 92 heavy (non-hydrogen) atoms. The quantitative estimate of drug-likeness (QED) is 0.0359. The predicted molar refractivity (Wildman–Crippen MR) is 387 cm³/mol. The number of unbranched alkanes of at least 4 members (excludes halogenated alkanes) is 34. The Hall–Kier alpha value is -6.14. The minimum Gasteiger partial charge on any atom is -0.494 e. The average molecular weight is 1320 g/mol. The molecule has 0 aliphatic rings. The number of nitrogens with zero attached hydrogens (tertiary/aromatic N) is 6. The van der Waals surface area contributed by atoms with Crippen LogP contribution >= 0.6 is 46.4 Å². The van der Waals surface area contributed by atoms with Crippen LogP contribution in [0.2, 0.25) is 20.1 Å². The van der Waals surface area contributed by atoms with E-state index in [2.05, 4.69) is 36.0 Å². The second-order valence-corrected chi connectivity index (χ2v) is 26.9. The topological polar surface area (TPSA) is 149 Å². The van der Waals surface area contributed by atoms with Crippen LogP contribution in [0.4, 0.5) is 0 Å². The van der Waals surface area contributed by atoms with Gasteiger partial charge in [0.15, 0.2) is 0 Å². The third kappa shape index (κ3) is 22.0. The van der Waals surface area contributed by atoms with Crippen molar-refractivity contribution in [3.05, 3.63) is 127 Å². The van der Waals surface area contributed by atoms with E-state index in [-0.39, 0.29) is 11.1 Å². The van der Waals surface area contributed by atoms with E-state index in [1.165, 1.54) is 205 Å². The lowest BCUT2D eigenvalue weighted by atomic mass is 10.0. The zero-order valence-electron chi connectivity index (χ0n) is 55.0. The maximum atomic E-state index is 11.3. The van der Waals surface area contributed by atoms with Gasteiger partial charge in [-0.2, -0.15) is 10.5 Å². The summed E-state index contributed by atoms with van der Waals surface area (Å²) in [5.74, 6) is 1.51. The first kappa shape index (κ1) is 71.7. The van der Waals surface area contributed by atoms with E-state index >= 15 is 0 Å². The fraction of sp³-hybridized carbons (Fsp3) is 0.513. The summed E-state index contributed by atoms with van der Waals surface area (Å²) in [5.41, 5.74) is 5.96. The molecule has 0 spiro atoms. The maximum absolute atomic E-state index is 11.3. The Kier molecular flexibility index (Phi) is 31.3. The molecule has 0 aliphatic heterocycles. The predicted octanol–water partition coefficient (Wildman–Crippen LogP) is 23.6. The highest BCUT2D eigenvalue weighted by atomic mass is 35.5. The third-order valence-corrected chi connectivity index (χ3v) is 19.4. The van der Waals surface area contributed by atoms with Crippen LogP contribution in [-0.4, -0.2) is 43.1 Å². The van der Waals surface area contributed by atoms with Crippen LogP contribution in [0.15, 0.2) is 85.2 Å². The number of hydrogen-bond acceptors (Lipinski definition) is 8. The lowest BCUT2D eigenvalue weighted by Crippen LogP contribution is -2.12. The number of halogens is 4. The summed E-state index contributed by atoms with van der Waals surface area (Å²) in [6, 6.07) is 27.5. The minimum atomic E-state index is 0.220. The van der Waals surface area contributed by atoms with Crippen LogP contribution in [0.25, 0.3) is 66.5 Å². The van der Waals surface area contributed by atoms with Gasteiger partial charge < -0.3 is 19.4 Å². The molecule has 14 heteroatoms. The summed E-state index contributed by atoms with van der Waals surface area (Å²) in [6.45, 7) is 5.82. The number of nitriles is 2. The number of nitrogens with one attached hydrogen (secondary N) is 2. The molecular weight excluding hydrogens is 1220 g/mol. The summed E-state index contributed by atoms with van der Waals surface area (Å²) in [7, 11) is 0. The Labute approximate surface area is 568 Å². The molecule has 4 heterocycles. The Morgan fingerprint density at radius 1 is 0.370 bits per heavy atom. The van der Waals surface area contributed by atoms with Crippen molar-refractivity contribution in [3.8, 4) is 46.2 Å². The Bertz CT molecular complexity index is 3510. The Balaban J connectivity index is 0.978. The van der Waals surface area contributed by atoms with Crippen LogP contribution in [0, 0.1) is 22.7 Å². The van der Waals surface area contributed by atoms with Gasteiger partial charge in [-0.3, -0.25) is 9.97 Å². The molecule has 0 saturated carbocycles. The normalized spacial score (nSPS) is 12.3. The molecule has 0 saturated heterocycles. The van der Waals surface area contributed by atoms with E-state index in [1.54, 1.807) is 36.7 Å². The average Bonchev–Trinajstić information content (AvgIpc) is 1.57. The van der Waals surface area contributed by atoms with Gasteiger partial charge in [0.25, 0.3) is 0 Å². The summed E-state index contributed by atoms with van der Waals surface area (Å²) in [6.07, 6.45) is 51.0. The largest absolute Gasteiger partial charge is 0.494 e. The highest BCUT2D eigenvalue weighted by molar-refractivity contribution is 6.43. The highest BCUT2D eigenvalue weighted by Gasteiger charge is 2.24. The number of H-pyrrole nitrogens is 2. The molecule has 0 bridgehead atoms. The number of aromatic nitrogens is 6. The zero-order chi connectivity index (χ0) is 64.5. The number of benzene rings is 4. The molecule has 0 unspecified atom stereocenters. The fourth-order valence-electron chi connectivity index (χ4n) is 12.6. The summed E-state index contributed by atoms with van der Waals surface area (Å²) in [4.78, 5) is 26.6. The van der Waals surface area contributed by atoms with Gasteiger partial charge in [-0.1, -0.05) is 279 Å². The van der Waals surface area contributed by atoms with Crippen molar-refractivity contribution >= 4 is 90.4 Å². The van der Waals surface area contributed by atoms with Gasteiger partial charge in [0.05, 0.1) is 89.9 Å². The van der Waals surface area contributed by atoms with Gasteiger partial charge in [-0.15, -0.1) is 0 Å². The first-order valence-corrected chi connectivity index (χ1v) is 36.8. The number of aromatic amines is 2. The molecule has 2 N–H and O–H groups in total. The molecule has 0 aliphatic carbocycles. The van der Waals surface area contributed by atoms with Gasteiger partial charge in [-0.25, -0.2) is 9.97 Å². The van der Waals surface area contributed by atoms with E-state index in [0.29, 0.717) is 99.6 Å². The molecule has 490 valence electrons. The molecule has 8 rings (SSSR count). The van der Waals surface area contributed by atoms with Crippen molar-refractivity contribution in [1.82, 2.24) is 29.9 Å². The zero-order valence-corrected chi connectivity index (χ0v) is 58.0. The molecule has 4 aromatic carbocycles. The molecule has 10 nitrogen and oxygen atoms in total. The smallest absolute Gasteiger partial charge is 0.119 e. The van der Waals surface area contributed by atoms with Gasteiger partial charge >= 0.3 is 0 Å². The summed E-state index contributed by atoms with van der Waals surface area (Å²) < 4.78 is 12.7. The molecule has 8 aromatic rings. The first-order valence-electron chi connectivity index (χ1n) is 35.2. The minimum absolute atomic E-state index is 0.220. The van der Waals surface area contributed by atoms with E-state index in [4.69, 9.17) is 75.8 Å². The second-order valence-electron chi connectivity index (χ2n) is 25.3. The fourth-order valence-corrected chi connectivity index (χ4v) is 13.3. The van der Waals surface area contributed by atoms with Crippen molar-refractivity contribution in [1.29, 1.82) is 10.5 Å². The first-order chi connectivity index (χ1) is 45.2. The van der Waals surface area contributed by atoms with Gasteiger partial charge in [-0.05, 0) is 96.8 Å². The van der Waals surface area contributed by atoms with Crippen LogP contribution in [0.5, 0.6) is 11.5 Å².